The molecule has 6 heteroatoms. The molecule has 4 nitrogen and oxygen atoms in total. The highest BCUT2D eigenvalue weighted by molar-refractivity contribution is 7.18. The van der Waals surface area contributed by atoms with Crippen LogP contribution in [0.2, 0.25) is 5.02 Å². The number of carbonyl (C=O) groups excluding carboxylic acids is 1. The van der Waals surface area contributed by atoms with Gasteiger partial charge in [0.2, 0.25) is 0 Å². The first kappa shape index (κ1) is 12.9. The Bertz CT molecular complexity index is 609. The molecule has 0 aliphatic carbocycles. The predicted molar refractivity (Wildman–Crippen MR) is 76.0 cm³/mol. The van der Waals surface area contributed by atoms with Crippen LogP contribution in [-0.2, 0) is 0 Å². The Morgan fingerprint density at radius 2 is 2.22 bits per heavy atom. The van der Waals surface area contributed by atoms with Gasteiger partial charge in [0.15, 0.2) is 10.9 Å². The number of aryl methyl sites for hydroxylation is 1. The number of nitrogens with zero attached hydrogens (tertiary/aromatic N) is 1. The summed E-state index contributed by atoms with van der Waals surface area (Å²) in [4.78, 5) is 15.9. The molecule has 0 unspecified atom stereocenters. The quantitative estimate of drug-likeness (QED) is 0.843. The fourth-order valence-corrected chi connectivity index (χ4v) is 2.45. The number of rotatable bonds is 3. The number of Topliss-reactive ketones (excluding diaryl/α,β-unsaturated/α-hetero) is 1. The lowest BCUT2D eigenvalue weighted by Crippen LogP contribution is -1.95. The summed E-state index contributed by atoms with van der Waals surface area (Å²) in [6.07, 6.45) is 0. The molecule has 0 amide bonds. The summed E-state index contributed by atoms with van der Waals surface area (Å²) in [5, 5.41) is 4.34. The van der Waals surface area contributed by atoms with Gasteiger partial charge in [0, 0.05) is 17.6 Å². The fraction of sp³-hybridized carbons (Fsp3) is 0.167. The fourth-order valence-electron chi connectivity index (χ4n) is 1.48. The number of nitrogens with one attached hydrogen (secondary N) is 1. The smallest absolute Gasteiger partial charge is 0.189 e. The second-order valence-corrected chi connectivity index (χ2v) is 5.31. The Hall–Kier alpha value is -1.59. The van der Waals surface area contributed by atoms with Crippen molar-refractivity contribution in [3.8, 4) is 0 Å². The number of hydrogen-bond donors (Lipinski definition) is 2. The van der Waals surface area contributed by atoms with Crippen molar-refractivity contribution in [3.05, 3.63) is 33.7 Å². The van der Waals surface area contributed by atoms with E-state index in [9.17, 15) is 4.79 Å². The average molecular weight is 282 g/mol. The highest BCUT2D eigenvalue weighted by atomic mass is 35.5. The van der Waals surface area contributed by atoms with Gasteiger partial charge in [-0.3, -0.25) is 4.79 Å². The monoisotopic (exact) mass is 281 g/mol. The molecule has 0 bridgehead atoms. The van der Waals surface area contributed by atoms with E-state index in [1.807, 2.05) is 25.1 Å². The molecule has 1 aromatic heterocycles. The third kappa shape index (κ3) is 2.63. The van der Waals surface area contributed by atoms with Crippen LogP contribution in [0.3, 0.4) is 0 Å². The van der Waals surface area contributed by atoms with Gasteiger partial charge >= 0.3 is 0 Å². The van der Waals surface area contributed by atoms with Gasteiger partial charge in [-0.2, -0.15) is 0 Å². The van der Waals surface area contributed by atoms with E-state index < -0.39 is 0 Å². The number of hydrogen-bond acceptors (Lipinski definition) is 5. The van der Waals surface area contributed by atoms with Crippen molar-refractivity contribution >= 4 is 45.4 Å². The molecular weight excluding hydrogens is 270 g/mol. The summed E-state index contributed by atoms with van der Waals surface area (Å²) in [6, 6.07) is 5.54. The van der Waals surface area contributed by atoms with Crippen LogP contribution in [0.25, 0.3) is 0 Å². The number of anilines is 3. The molecule has 0 saturated heterocycles. The van der Waals surface area contributed by atoms with Crippen LogP contribution < -0.4 is 11.1 Å². The largest absolute Gasteiger partial charge is 0.382 e. The molecule has 0 aliphatic heterocycles. The van der Waals surface area contributed by atoms with Gasteiger partial charge in [0.25, 0.3) is 0 Å². The van der Waals surface area contributed by atoms with E-state index >= 15 is 0 Å². The normalized spacial score (nSPS) is 10.4. The van der Waals surface area contributed by atoms with E-state index in [1.54, 1.807) is 0 Å². The molecule has 0 spiro atoms. The van der Waals surface area contributed by atoms with Crippen molar-refractivity contribution in [2.24, 2.45) is 0 Å². The van der Waals surface area contributed by atoms with Crippen molar-refractivity contribution in [3.63, 3.8) is 0 Å². The average Bonchev–Trinajstić information content (AvgIpc) is 2.65. The minimum atomic E-state index is -0.0825. The summed E-state index contributed by atoms with van der Waals surface area (Å²) in [7, 11) is 0. The number of thiazole rings is 1. The van der Waals surface area contributed by atoms with E-state index in [2.05, 4.69) is 10.3 Å². The molecule has 0 saturated carbocycles. The van der Waals surface area contributed by atoms with Crippen LogP contribution in [0.15, 0.2) is 18.2 Å². The topological polar surface area (TPSA) is 68.0 Å². The number of aromatic nitrogens is 1. The van der Waals surface area contributed by atoms with E-state index in [0.717, 1.165) is 11.3 Å². The lowest BCUT2D eigenvalue weighted by Gasteiger charge is -2.06. The number of benzene rings is 1. The van der Waals surface area contributed by atoms with Gasteiger partial charge < -0.3 is 11.1 Å². The third-order valence-electron chi connectivity index (χ3n) is 2.41. The summed E-state index contributed by atoms with van der Waals surface area (Å²) in [6.45, 7) is 3.43. The third-order valence-corrected chi connectivity index (χ3v) is 3.74. The van der Waals surface area contributed by atoms with E-state index in [0.29, 0.717) is 15.0 Å². The maximum Gasteiger partial charge on any atom is 0.189 e. The number of halogens is 1. The molecule has 1 heterocycles. The van der Waals surface area contributed by atoms with Gasteiger partial charge in [0.05, 0.1) is 0 Å². The Kier molecular flexibility index (Phi) is 3.54. The number of carbonyl (C=O) groups is 1. The maximum absolute atomic E-state index is 11.3. The highest BCUT2D eigenvalue weighted by Gasteiger charge is 2.12. The molecule has 2 rings (SSSR count). The van der Waals surface area contributed by atoms with E-state index in [1.165, 1.54) is 18.3 Å². The lowest BCUT2D eigenvalue weighted by atomic mass is 10.2. The number of nitrogen functional groups attached to an aromatic ring is 1. The summed E-state index contributed by atoms with van der Waals surface area (Å²) >= 11 is 7.17. The van der Waals surface area contributed by atoms with Crippen LogP contribution in [-0.4, -0.2) is 10.8 Å². The van der Waals surface area contributed by atoms with Crippen LogP contribution in [0.5, 0.6) is 0 Å². The maximum atomic E-state index is 11.3. The second-order valence-electron chi connectivity index (χ2n) is 3.87. The Balaban J connectivity index is 2.31. The van der Waals surface area contributed by atoms with Crippen molar-refractivity contribution < 1.29 is 4.79 Å². The summed E-state index contributed by atoms with van der Waals surface area (Å²) < 4.78 is 0. The van der Waals surface area contributed by atoms with Gasteiger partial charge in [-0.05, 0) is 24.6 Å². The molecule has 1 aromatic carbocycles. The zero-order valence-corrected chi connectivity index (χ0v) is 11.5. The molecule has 3 N–H and O–H groups in total. The Labute approximate surface area is 114 Å². The lowest BCUT2D eigenvalue weighted by molar-refractivity contribution is 0.102. The van der Waals surface area contributed by atoms with Crippen LogP contribution in [0.1, 0.15) is 22.2 Å². The zero-order chi connectivity index (χ0) is 13.3. The van der Waals surface area contributed by atoms with E-state index in [-0.39, 0.29) is 11.6 Å². The molecule has 0 aliphatic rings. The van der Waals surface area contributed by atoms with Crippen molar-refractivity contribution in [2.45, 2.75) is 13.8 Å². The molecule has 0 atom stereocenters. The van der Waals surface area contributed by atoms with Crippen LogP contribution >= 0.6 is 22.9 Å². The first-order valence-electron chi connectivity index (χ1n) is 5.28. The first-order chi connectivity index (χ1) is 8.47. The first-order valence-corrected chi connectivity index (χ1v) is 6.47. The molecule has 18 heavy (non-hydrogen) atoms. The van der Waals surface area contributed by atoms with Gasteiger partial charge in [-0.1, -0.05) is 29.0 Å². The number of ketones is 1. The SMILES string of the molecule is CC(=O)c1sc(Nc2cc(Cl)ccc2C)nc1N. The summed E-state index contributed by atoms with van der Waals surface area (Å²) in [5.41, 5.74) is 7.57. The van der Waals surface area contributed by atoms with Crippen LogP contribution in [0, 0.1) is 6.92 Å². The standard InChI is InChI=1S/C12H12ClN3OS/c1-6-3-4-8(13)5-9(6)15-12-16-11(14)10(18-12)7(2)17/h3-5H,14H2,1-2H3,(H,15,16). The minimum Gasteiger partial charge on any atom is -0.382 e. The molecule has 0 radical (unpaired) electrons. The Morgan fingerprint density at radius 1 is 1.50 bits per heavy atom. The second kappa shape index (κ2) is 4.96. The zero-order valence-electron chi connectivity index (χ0n) is 9.95. The van der Waals surface area contributed by atoms with Crippen LogP contribution in [0.4, 0.5) is 16.6 Å². The summed E-state index contributed by atoms with van der Waals surface area (Å²) in [5.74, 6) is 0.176. The molecule has 0 fully saturated rings. The molecular formula is C12H12ClN3OS. The van der Waals surface area contributed by atoms with Gasteiger partial charge in [-0.25, -0.2) is 4.98 Å². The predicted octanol–water partition coefficient (Wildman–Crippen LogP) is 3.63. The van der Waals surface area contributed by atoms with Gasteiger partial charge in [0.1, 0.15) is 10.7 Å². The minimum absolute atomic E-state index is 0.0825. The number of nitrogens with two attached hydrogens (primary N) is 1. The molecule has 94 valence electrons. The highest BCUT2D eigenvalue weighted by Crippen LogP contribution is 2.30. The van der Waals surface area contributed by atoms with E-state index in [4.69, 9.17) is 17.3 Å². The van der Waals surface area contributed by atoms with Crippen molar-refractivity contribution in [1.82, 2.24) is 4.98 Å². The van der Waals surface area contributed by atoms with Crippen molar-refractivity contribution in [2.75, 3.05) is 11.1 Å². The van der Waals surface area contributed by atoms with Gasteiger partial charge in [-0.15, -0.1) is 0 Å². The molecule has 2 aromatic rings. The Morgan fingerprint density at radius 3 is 2.83 bits per heavy atom. The van der Waals surface area contributed by atoms with Crippen molar-refractivity contribution in [1.29, 1.82) is 0 Å².